The van der Waals surface area contributed by atoms with Gasteiger partial charge in [0.15, 0.2) is 0 Å². The number of ether oxygens (including phenoxy) is 1. The first-order valence-corrected chi connectivity index (χ1v) is 7.39. The minimum atomic E-state index is -0.493. The summed E-state index contributed by atoms with van der Waals surface area (Å²) in [5.74, 6) is 0.914. The fraction of sp³-hybridized carbons (Fsp3) is 0.533. The summed E-state index contributed by atoms with van der Waals surface area (Å²) in [4.78, 5) is 12.1. The molecule has 0 unspecified atom stereocenters. The maximum atomic E-state index is 12.1. The van der Waals surface area contributed by atoms with Crippen LogP contribution in [0.4, 0.5) is 0 Å². The van der Waals surface area contributed by atoms with Gasteiger partial charge in [0.1, 0.15) is 5.75 Å². The molecular formula is C15H20BrNO2. The number of rotatable bonds is 2. The van der Waals surface area contributed by atoms with E-state index in [1.165, 1.54) is 0 Å². The average molecular weight is 326 g/mol. The first-order valence-electron chi connectivity index (χ1n) is 6.60. The van der Waals surface area contributed by atoms with Crippen molar-refractivity contribution in [3.8, 4) is 5.75 Å². The molecule has 1 aliphatic rings. The minimum Gasteiger partial charge on any atom is -0.426 e. The fourth-order valence-electron chi connectivity index (χ4n) is 2.11. The number of benzene rings is 1. The highest BCUT2D eigenvalue weighted by molar-refractivity contribution is 9.10. The zero-order chi connectivity index (χ0) is 14.0. The molecule has 0 bridgehead atoms. The molecule has 1 aliphatic heterocycles. The van der Waals surface area contributed by atoms with E-state index < -0.39 is 5.41 Å². The molecule has 1 aromatic carbocycles. The Labute approximate surface area is 122 Å². The maximum Gasteiger partial charge on any atom is 0.316 e. The predicted molar refractivity (Wildman–Crippen MR) is 79.5 cm³/mol. The molecule has 0 spiro atoms. The molecule has 0 saturated carbocycles. The Morgan fingerprint density at radius 3 is 2.74 bits per heavy atom. The van der Waals surface area contributed by atoms with Crippen LogP contribution in [0.1, 0.15) is 38.7 Å². The summed E-state index contributed by atoms with van der Waals surface area (Å²) < 4.78 is 6.54. The Morgan fingerprint density at radius 2 is 2.16 bits per heavy atom. The van der Waals surface area contributed by atoms with E-state index in [0.717, 1.165) is 29.5 Å². The summed E-state index contributed by atoms with van der Waals surface area (Å²) in [5, 5.41) is 3.34. The largest absolute Gasteiger partial charge is 0.426 e. The van der Waals surface area contributed by atoms with Gasteiger partial charge in [-0.05, 0) is 51.4 Å². The van der Waals surface area contributed by atoms with Gasteiger partial charge in [0, 0.05) is 16.9 Å². The zero-order valence-electron chi connectivity index (χ0n) is 11.6. The van der Waals surface area contributed by atoms with Crippen molar-refractivity contribution < 1.29 is 9.53 Å². The maximum absolute atomic E-state index is 12.1. The van der Waals surface area contributed by atoms with E-state index in [1.54, 1.807) is 0 Å². The number of esters is 1. The molecule has 1 N–H and O–H groups in total. The van der Waals surface area contributed by atoms with Gasteiger partial charge >= 0.3 is 5.97 Å². The van der Waals surface area contributed by atoms with Crippen LogP contribution in [-0.2, 0) is 4.79 Å². The molecule has 0 aromatic heterocycles. The molecule has 19 heavy (non-hydrogen) atoms. The Morgan fingerprint density at radius 1 is 1.42 bits per heavy atom. The van der Waals surface area contributed by atoms with Crippen LogP contribution in [0.2, 0.25) is 0 Å². The number of hydrogen-bond acceptors (Lipinski definition) is 3. The van der Waals surface area contributed by atoms with Gasteiger partial charge < -0.3 is 10.1 Å². The van der Waals surface area contributed by atoms with Gasteiger partial charge in [0.05, 0.1) is 5.41 Å². The summed E-state index contributed by atoms with van der Waals surface area (Å²) in [6.45, 7) is 7.56. The van der Waals surface area contributed by atoms with E-state index in [1.807, 2.05) is 39.0 Å². The molecule has 1 saturated heterocycles. The monoisotopic (exact) mass is 325 g/mol. The van der Waals surface area contributed by atoms with E-state index in [2.05, 4.69) is 21.2 Å². The summed E-state index contributed by atoms with van der Waals surface area (Å²) in [7, 11) is 0. The van der Waals surface area contributed by atoms with E-state index in [0.29, 0.717) is 11.7 Å². The quantitative estimate of drug-likeness (QED) is 0.668. The molecule has 2 rings (SSSR count). The molecule has 1 atom stereocenters. The second-order valence-corrected chi connectivity index (χ2v) is 6.93. The SMILES string of the molecule is CC(C)(C)C(=O)Oc1cc(Br)ccc1[C@H]1CCNC1. The molecule has 1 fully saturated rings. The molecule has 0 radical (unpaired) electrons. The lowest BCUT2D eigenvalue weighted by Gasteiger charge is -2.20. The summed E-state index contributed by atoms with van der Waals surface area (Å²) in [6.07, 6.45) is 1.09. The molecule has 4 heteroatoms. The number of halogens is 1. The molecule has 1 heterocycles. The van der Waals surface area contributed by atoms with Crippen LogP contribution in [0.25, 0.3) is 0 Å². The van der Waals surface area contributed by atoms with Gasteiger partial charge in [-0.3, -0.25) is 4.79 Å². The smallest absolute Gasteiger partial charge is 0.316 e. The van der Waals surface area contributed by atoms with Crippen LogP contribution in [0.3, 0.4) is 0 Å². The Kier molecular flexibility index (Phi) is 4.31. The van der Waals surface area contributed by atoms with Crippen LogP contribution >= 0.6 is 15.9 Å². The number of hydrogen-bond donors (Lipinski definition) is 1. The lowest BCUT2D eigenvalue weighted by molar-refractivity contribution is -0.143. The molecule has 3 nitrogen and oxygen atoms in total. The van der Waals surface area contributed by atoms with Crippen LogP contribution in [0, 0.1) is 5.41 Å². The third-order valence-electron chi connectivity index (χ3n) is 3.29. The van der Waals surface area contributed by atoms with E-state index >= 15 is 0 Å². The highest BCUT2D eigenvalue weighted by Crippen LogP contribution is 2.34. The third kappa shape index (κ3) is 3.57. The van der Waals surface area contributed by atoms with Crippen molar-refractivity contribution in [1.82, 2.24) is 5.32 Å². The first-order chi connectivity index (χ1) is 8.88. The van der Waals surface area contributed by atoms with Crippen LogP contribution in [0.15, 0.2) is 22.7 Å². The Balaban J connectivity index is 2.27. The lowest BCUT2D eigenvalue weighted by atomic mass is 9.96. The number of carbonyl (C=O) groups is 1. The van der Waals surface area contributed by atoms with Crippen molar-refractivity contribution in [2.24, 2.45) is 5.41 Å². The molecule has 104 valence electrons. The highest BCUT2D eigenvalue weighted by Gasteiger charge is 2.27. The third-order valence-corrected chi connectivity index (χ3v) is 3.78. The van der Waals surface area contributed by atoms with Crippen molar-refractivity contribution in [3.63, 3.8) is 0 Å². The van der Waals surface area contributed by atoms with Crippen LogP contribution < -0.4 is 10.1 Å². The standard InChI is InChI=1S/C15H20BrNO2/c1-15(2,3)14(18)19-13-8-11(16)4-5-12(13)10-6-7-17-9-10/h4-5,8,10,17H,6-7,9H2,1-3H3/t10-/m0/s1. The van der Waals surface area contributed by atoms with Crippen molar-refractivity contribution in [2.45, 2.75) is 33.1 Å². The fourth-order valence-corrected chi connectivity index (χ4v) is 2.45. The predicted octanol–water partition coefficient (Wildman–Crippen LogP) is 3.48. The molecule has 0 aliphatic carbocycles. The van der Waals surface area contributed by atoms with Gasteiger partial charge in [-0.2, -0.15) is 0 Å². The van der Waals surface area contributed by atoms with Crippen molar-refractivity contribution in [3.05, 3.63) is 28.2 Å². The van der Waals surface area contributed by atoms with Crippen molar-refractivity contribution in [2.75, 3.05) is 13.1 Å². The van der Waals surface area contributed by atoms with Crippen LogP contribution in [-0.4, -0.2) is 19.1 Å². The second-order valence-electron chi connectivity index (χ2n) is 6.01. The van der Waals surface area contributed by atoms with Gasteiger partial charge in [0.2, 0.25) is 0 Å². The Hall–Kier alpha value is -0.870. The van der Waals surface area contributed by atoms with E-state index in [4.69, 9.17) is 4.74 Å². The topological polar surface area (TPSA) is 38.3 Å². The van der Waals surface area contributed by atoms with Crippen LogP contribution in [0.5, 0.6) is 5.75 Å². The summed E-state index contributed by atoms with van der Waals surface area (Å²) in [6, 6.07) is 5.94. The zero-order valence-corrected chi connectivity index (χ0v) is 13.2. The number of carbonyl (C=O) groups excluding carboxylic acids is 1. The average Bonchev–Trinajstić information content (AvgIpc) is 2.81. The van der Waals surface area contributed by atoms with E-state index in [9.17, 15) is 4.79 Å². The molecular weight excluding hydrogens is 306 g/mol. The van der Waals surface area contributed by atoms with E-state index in [-0.39, 0.29) is 5.97 Å². The summed E-state index contributed by atoms with van der Waals surface area (Å²) >= 11 is 3.44. The van der Waals surface area contributed by atoms with Crippen molar-refractivity contribution >= 4 is 21.9 Å². The second kappa shape index (κ2) is 5.63. The van der Waals surface area contributed by atoms with Gasteiger partial charge in [-0.25, -0.2) is 0 Å². The molecule has 1 aromatic rings. The first kappa shape index (κ1) is 14.5. The van der Waals surface area contributed by atoms with Gasteiger partial charge in [-0.1, -0.05) is 22.0 Å². The molecule has 0 amide bonds. The summed E-state index contributed by atoms with van der Waals surface area (Å²) in [5.41, 5.74) is 0.624. The minimum absolute atomic E-state index is 0.196. The highest BCUT2D eigenvalue weighted by atomic mass is 79.9. The Bertz CT molecular complexity index is 474. The normalized spacial score (nSPS) is 19.5. The van der Waals surface area contributed by atoms with Gasteiger partial charge in [0.25, 0.3) is 0 Å². The van der Waals surface area contributed by atoms with Gasteiger partial charge in [-0.15, -0.1) is 0 Å². The van der Waals surface area contributed by atoms with Crippen molar-refractivity contribution in [1.29, 1.82) is 0 Å². The lowest BCUT2D eigenvalue weighted by Crippen LogP contribution is -2.26. The number of nitrogens with one attached hydrogen (secondary N) is 1.